The molecule has 1 heterocycles. The van der Waals surface area contributed by atoms with Crippen molar-refractivity contribution in [3.05, 3.63) is 58.8 Å². The van der Waals surface area contributed by atoms with Crippen molar-refractivity contribution in [1.82, 2.24) is 0 Å². The van der Waals surface area contributed by atoms with E-state index in [4.69, 9.17) is 0 Å². The summed E-state index contributed by atoms with van der Waals surface area (Å²) in [5.41, 5.74) is 0.119. The molecule has 15 heavy (non-hydrogen) atoms. The monoisotopic (exact) mass is 211 g/mol. The fourth-order valence-corrected chi connectivity index (χ4v) is 2.75. The number of hydrogen-bond donors (Lipinski definition) is 0. The predicted molar refractivity (Wildman–Crippen MR) is 64.4 cm³/mol. The van der Waals surface area contributed by atoms with Crippen LogP contribution in [0.5, 0.6) is 0 Å². The lowest BCUT2D eigenvalue weighted by atomic mass is 10.2. The Hall–Kier alpha value is -1.67. The Labute approximate surface area is 90.6 Å². The van der Waals surface area contributed by atoms with Crippen LogP contribution in [0, 0.1) is 6.07 Å². The lowest BCUT2D eigenvalue weighted by Crippen LogP contribution is -1.99. The lowest BCUT2D eigenvalue weighted by molar-refractivity contribution is 1.74. The molecular weight excluding hydrogens is 204 g/mol. The Balaban J connectivity index is 2.66. The molecule has 3 rings (SSSR count). The van der Waals surface area contributed by atoms with E-state index in [-0.39, 0.29) is 5.43 Å². The minimum Gasteiger partial charge on any atom is -0.289 e. The Morgan fingerprint density at radius 1 is 1.00 bits per heavy atom. The van der Waals surface area contributed by atoms with Crippen molar-refractivity contribution in [3.8, 4) is 0 Å². The maximum absolute atomic E-state index is 12.1. The maximum Gasteiger partial charge on any atom is 0.195 e. The van der Waals surface area contributed by atoms with Gasteiger partial charge in [-0.3, -0.25) is 4.79 Å². The van der Waals surface area contributed by atoms with Crippen LogP contribution < -0.4 is 5.43 Å². The fourth-order valence-electron chi connectivity index (χ4n) is 1.69. The highest BCUT2D eigenvalue weighted by Crippen LogP contribution is 2.23. The minimum atomic E-state index is 0.119. The summed E-state index contributed by atoms with van der Waals surface area (Å²) < 4.78 is 2.04. The molecule has 0 aliphatic heterocycles. The molecule has 0 aliphatic carbocycles. The SMILES string of the molecule is O=c1c2cc[c]cc2sc2ccccc12. The van der Waals surface area contributed by atoms with Crippen LogP contribution in [0.25, 0.3) is 20.2 Å². The van der Waals surface area contributed by atoms with Crippen LogP contribution in [0.1, 0.15) is 0 Å². The average molecular weight is 211 g/mol. The first-order chi connectivity index (χ1) is 7.36. The van der Waals surface area contributed by atoms with Gasteiger partial charge >= 0.3 is 0 Å². The summed E-state index contributed by atoms with van der Waals surface area (Å²) >= 11 is 1.63. The summed E-state index contributed by atoms with van der Waals surface area (Å²) in [5.74, 6) is 0. The fraction of sp³-hybridized carbons (Fsp3) is 0. The first kappa shape index (κ1) is 8.62. The van der Waals surface area contributed by atoms with Gasteiger partial charge in [-0.1, -0.05) is 18.2 Å². The average Bonchev–Trinajstić information content (AvgIpc) is 2.30. The van der Waals surface area contributed by atoms with E-state index < -0.39 is 0 Å². The van der Waals surface area contributed by atoms with Crippen molar-refractivity contribution in [2.75, 3.05) is 0 Å². The molecule has 0 aliphatic rings. The highest BCUT2D eigenvalue weighted by atomic mass is 32.1. The van der Waals surface area contributed by atoms with Crippen LogP contribution in [0.2, 0.25) is 0 Å². The smallest absolute Gasteiger partial charge is 0.195 e. The zero-order valence-corrected chi connectivity index (χ0v) is 8.67. The molecular formula is C13H7OS. The van der Waals surface area contributed by atoms with E-state index >= 15 is 0 Å². The molecule has 1 aromatic heterocycles. The third-order valence-corrected chi connectivity index (χ3v) is 3.56. The molecule has 0 bridgehead atoms. The molecule has 1 radical (unpaired) electrons. The molecule has 0 fully saturated rings. The van der Waals surface area contributed by atoms with Gasteiger partial charge in [-0.2, -0.15) is 0 Å². The van der Waals surface area contributed by atoms with Gasteiger partial charge in [-0.25, -0.2) is 0 Å². The van der Waals surface area contributed by atoms with Crippen LogP contribution in [0.15, 0.2) is 47.3 Å². The van der Waals surface area contributed by atoms with Crippen LogP contribution in [-0.2, 0) is 0 Å². The Morgan fingerprint density at radius 3 is 2.73 bits per heavy atom. The second kappa shape index (κ2) is 3.17. The maximum atomic E-state index is 12.1. The zero-order chi connectivity index (χ0) is 10.3. The van der Waals surface area contributed by atoms with Crippen molar-refractivity contribution < 1.29 is 0 Å². The van der Waals surface area contributed by atoms with Gasteiger partial charge in [0.1, 0.15) is 0 Å². The number of benzene rings is 2. The van der Waals surface area contributed by atoms with Gasteiger partial charge in [0.25, 0.3) is 0 Å². The van der Waals surface area contributed by atoms with Crippen molar-refractivity contribution in [3.63, 3.8) is 0 Å². The first-order valence-corrected chi connectivity index (χ1v) is 5.49. The largest absolute Gasteiger partial charge is 0.289 e. The van der Waals surface area contributed by atoms with E-state index in [9.17, 15) is 4.79 Å². The number of hydrogen-bond acceptors (Lipinski definition) is 2. The molecule has 0 saturated heterocycles. The summed E-state index contributed by atoms with van der Waals surface area (Å²) in [7, 11) is 0. The molecule has 0 amide bonds. The van der Waals surface area contributed by atoms with Crippen molar-refractivity contribution in [2.45, 2.75) is 0 Å². The van der Waals surface area contributed by atoms with Gasteiger partial charge in [0.15, 0.2) is 5.43 Å². The standard InChI is InChI=1S/C13H7OS/c14-13-9-5-1-3-7-11(9)15-12-8-4-2-6-10(12)13/h1-3,5-8H. The van der Waals surface area contributed by atoms with Crippen molar-refractivity contribution >= 4 is 31.5 Å². The van der Waals surface area contributed by atoms with E-state index in [1.54, 1.807) is 17.4 Å². The molecule has 0 unspecified atom stereocenters. The summed E-state index contributed by atoms with van der Waals surface area (Å²) in [4.78, 5) is 12.1. The van der Waals surface area contributed by atoms with Crippen LogP contribution in [0.3, 0.4) is 0 Å². The minimum absolute atomic E-state index is 0.119. The highest BCUT2D eigenvalue weighted by Gasteiger charge is 2.03. The predicted octanol–water partition coefficient (Wildman–Crippen LogP) is 3.21. The third-order valence-electron chi connectivity index (χ3n) is 2.42. The normalized spacial score (nSPS) is 10.9. The van der Waals surface area contributed by atoms with Gasteiger partial charge in [0, 0.05) is 20.2 Å². The van der Waals surface area contributed by atoms with E-state index in [0.29, 0.717) is 0 Å². The summed E-state index contributed by atoms with van der Waals surface area (Å²) in [6, 6.07) is 16.2. The van der Waals surface area contributed by atoms with Crippen molar-refractivity contribution in [2.24, 2.45) is 0 Å². The van der Waals surface area contributed by atoms with Gasteiger partial charge in [-0.15, -0.1) is 11.3 Å². The Bertz CT molecular complexity index is 640. The summed E-state index contributed by atoms with van der Waals surface area (Å²) in [5, 5.41) is 1.60. The van der Waals surface area contributed by atoms with Gasteiger partial charge in [-0.05, 0) is 30.3 Å². The molecule has 0 spiro atoms. The molecule has 3 aromatic rings. The topological polar surface area (TPSA) is 17.1 Å². The summed E-state index contributed by atoms with van der Waals surface area (Å²) in [6.07, 6.45) is 0. The molecule has 0 saturated carbocycles. The molecule has 2 heteroatoms. The second-order valence-electron chi connectivity index (χ2n) is 3.35. The van der Waals surface area contributed by atoms with E-state index in [1.165, 1.54) is 0 Å². The Kier molecular flexibility index (Phi) is 1.82. The van der Waals surface area contributed by atoms with Gasteiger partial charge in [0.2, 0.25) is 0 Å². The first-order valence-electron chi connectivity index (χ1n) is 4.68. The van der Waals surface area contributed by atoms with Gasteiger partial charge in [0.05, 0.1) is 0 Å². The molecule has 1 nitrogen and oxygen atoms in total. The van der Waals surface area contributed by atoms with E-state index in [1.807, 2.05) is 36.4 Å². The molecule has 0 N–H and O–H groups in total. The third kappa shape index (κ3) is 1.26. The van der Waals surface area contributed by atoms with E-state index in [0.717, 1.165) is 20.2 Å². The number of rotatable bonds is 0. The van der Waals surface area contributed by atoms with Crippen LogP contribution in [0.4, 0.5) is 0 Å². The summed E-state index contributed by atoms with van der Waals surface area (Å²) in [6.45, 7) is 0. The quantitative estimate of drug-likeness (QED) is 0.522. The zero-order valence-electron chi connectivity index (χ0n) is 7.86. The number of fused-ring (bicyclic) bond motifs is 2. The Morgan fingerprint density at radius 2 is 1.80 bits per heavy atom. The second-order valence-corrected chi connectivity index (χ2v) is 4.43. The molecule has 71 valence electrons. The molecule has 2 aromatic carbocycles. The lowest BCUT2D eigenvalue weighted by Gasteiger charge is -1.98. The molecule has 0 atom stereocenters. The highest BCUT2D eigenvalue weighted by molar-refractivity contribution is 7.24. The van der Waals surface area contributed by atoms with E-state index in [2.05, 4.69) is 6.07 Å². The van der Waals surface area contributed by atoms with Gasteiger partial charge < -0.3 is 0 Å². The van der Waals surface area contributed by atoms with Crippen LogP contribution in [-0.4, -0.2) is 0 Å². The van der Waals surface area contributed by atoms with Crippen LogP contribution >= 0.6 is 11.3 Å². The van der Waals surface area contributed by atoms with Crippen molar-refractivity contribution in [1.29, 1.82) is 0 Å².